The molecule has 138 valence electrons. The lowest BCUT2D eigenvalue weighted by atomic mass is 10.1. The van der Waals surface area contributed by atoms with Crippen molar-refractivity contribution in [3.05, 3.63) is 0 Å². The molecule has 2 aliphatic heterocycles. The number of nitrogens with two attached hydrogens (primary N) is 1. The van der Waals surface area contributed by atoms with E-state index in [4.69, 9.17) is 11.0 Å². The Morgan fingerprint density at radius 1 is 1.16 bits per heavy atom. The van der Waals surface area contributed by atoms with Gasteiger partial charge in [0.05, 0.1) is 18.7 Å². The summed E-state index contributed by atoms with van der Waals surface area (Å²) in [5.41, 5.74) is 5.50. The van der Waals surface area contributed by atoms with Crippen LogP contribution in [0.5, 0.6) is 0 Å². The summed E-state index contributed by atoms with van der Waals surface area (Å²) < 4.78 is 0. The maximum absolute atomic E-state index is 12.3. The largest absolute Gasteiger partial charge is 0.368 e. The van der Waals surface area contributed by atoms with Crippen LogP contribution in [0.25, 0.3) is 0 Å². The molecular formula is C18H29N5O2. The molecule has 25 heavy (non-hydrogen) atoms. The van der Waals surface area contributed by atoms with Crippen molar-refractivity contribution < 1.29 is 9.59 Å². The van der Waals surface area contributed by atoms with Gasteiger partial charge in [0.25, 0.3) is 0 Å². The molecule has 0 aromatic heterocycles. The second-order valence-electron chi connectivity index (χ2n) is 7.69. The van der Waals surface area contributed by atoms with Crippen LogP contribution < -0.4 is 11.1 Å². The Bertz CT molecular complexity index is 546. The lowest BCUT2D eigenvalue weighted by Gasteiger charge is -2.25. The molecule has 0 bridgehead atoms. The average Bonchev–Trinajstić information content (AvgIpc) is 3.33. The number of nitrogens with one attached hydrogen (secondary N) is 1. The highest BCUT2D eigenvalue weighted by molar-refractivity contribution is 5.80. The van der Waals surface area contributed by atoms with Gasteiger partial charge in [0.2, 0.25) is 11.8 Å². The summed E-state index contributed by atoms with van der Waals surface area (Å²) in [5.74, 6) is 0.403. The van der Waals surface area contributed by atoms with Crippen LogP contribution in [-0.4, -0.2) is 65.9 Å². The Morgan fingerprint density at radius 2 is 1.96 bits per heavy atom. The third kappa shape index (κ3) is 4.31. The van der Waals surface area contributed by atoms with Gasteiger partial charge < -0.3 is 16.0 Å². The highest BCUT2D eigenvalue weighted by Crippen LogP contribution is 2.29. The number of hydrogen-bond acceptors (Lipinski definition) is 5. The molecule has 2 heterocycles. The van der Waals surface area contributed by atoms with E-state index in [0.717, 1.165) is 58.0 Å². The third-order valence-corrected chi connectivity index (χ3v) is 5.99. The lowest BCUT2D eigenvalue weighted by molar-refractivity contribution is -0.130. The standard InChI is InChI=1S/C18H29N5O2/c19-10-15-3-1-8-23(15)17(24)11-21-14-6-5-13(9-14)12-22-7-2-4-16(22)18(20)25/h13-16,21H,1-9,11-12H2,(H2,20,25)/t13-,14-,15-,16-/m0/s1. The van der Waals surface area contributed by atoms with Crippen molar-refractivity contribution >= 4 is 11.8 Å². The summed E-state index contributed by atoms with van der Waals surface area (Å²) in [5, 5.41) is 12.5. The number of nitrogens with zero attached hydrogens (tertiary/aromatic N) is 3. The Labute approximate surface area is 149 Å². The van der Waals surface area contributed by atoms with E-state index in [1.54, 1.807) is 4.90 Å². The summed E-state index contributed by atoms with van der Waals surface area (Å²) in [6, 6.07) is 2.24. The summed E-state index contributed by atoms with van der Waals surface area (Å²) >= 11 is 0. The molecule has 3 fully saturated rings. The van der Waals surface area contributed by atoms with Gasteiger partial charge in [0.1, 0.15) is 6.04 Å². The first kappa shape index (κ1) is 18.2. The van der Waals surface area contributed by atoms with E-state index in [9.17, 15) is 9.59 Å². The van der Waals surface area contributed by atoms with Crippen molar-refractivity contribution in [2.24, 2.45) is 11.7 Å². The Balaban J connectivity index is 1.40. The van der Waals surface area contributed by atoms with Crippen LogP contribution in [0.2, 0.25) is 0 Å². The number of nitriles is 1. The van der Waals surface area contributed by atoms with Gasteiger partial charge in [-0.3, -0.25) is 14.5 Å². The predicted octanol–water partition coefficient (Wildman–Crippen LogP) is 0.209. The molecule has 3 N–H and O–H groups in total. The molecule has 0 unspecified atom stereocenters. The van der Waals surface area contributed by atoms with Crippen LogP contribution in [0.1, 0.15) is 44.9 Å². The van der Waals surface area contributed by atoms with Crippen LogP contribution in [0.15, 0.2) is 0 Å². The number of amides is 2. The molecule has 1 aliphatic carbocycles. The smallest absolute Gasteiger partial charge is 0.237 e. The maximum atomic E-state index is 12.3. The van der Waals surface area contributed by atoms with E-state index in [1.807, 2.05) is 0 Å². The maximum Gasteiger partial charge on any atom is 0.237 e. The van der Waals surface area contributed by atoms with Crippen LogP contribution in [0, 0.1) is 17.2 Å². The predicted molar refractivity (Wildman–Crippen MR) is 93.3 cm³/mol. The molecule has 3 rings (SSSR count). The van der Waals surface area contributed by atoms with E-state index in [1.165, 1.54) is 0 Å². The van der Waals surface area contributed by atoms with Gasteiger partial charge in [-0.15, -0.1) is 0 Å². The minimum atomic E-state index is -0.244. The van der Waals surface area contributed by atoms with Gasteiger partial charge in [-0.25, -0.2) is 0 Å². The number of carbonyl (C=O) groups is 2. The molecule has 3 aliphatic rings. The molecular weight excluding hydrogens is 318 g/mol. The van der Waals surface area contributed by atoms with Gasteiger partial charge in [-0.05, 0) is 57.4 Å². The third-order valence-electron chi connectivity index (χ3n) is 5.99. The van der Waals surface area contributed by atoms with Gasteiger partial charge >= 0.3 is 0 Å². The fraction of sp³-hybridized carbons (Fsp3) is 0.833. The van der Waals surface area contributed by atoms with Gasteiger partial charge in [0, 0.05) is 19.1 Å². The van der Waals surface area contributed by atoms with Crippen LogP contribution in [0.3, 0.4) is 0 Å². The van der Waals surface area contributed by atoms with Crippen molar-refractivity contribution in [3.8, 4) is 6.07 Å². The van der Waals surface area contributed by atoms with E-state index in [2.05, 4.69) is 16.3 Å². The zero-order chi connectivity index (χ0) is 17.8. The highest BCUT2D eigenvalue weighted by atomic mass is 16.2. The van der Waals surface area contributed by atoms with Crippen LogP contribution >= 0.6 is 0 Å². The minimum absolute atomic E-state index is 0.0424. The fourth-order valence-electron chi connectivity index (χ4n) is 4.66. The average molecular weight is 347 g/mol. The first-order chi connectivity index (χ1) is 12.1. The first-order valence-electron chi connectivity index (χ1n) is 9.54. The van der Waals surface area contributed by atoms with Crippen molar-refractivity contribution in [3.63, 3.8) is 0 Å². The molecule has 1 saturated carbocycles. The fourth-order valence-corrected chi connectivity index (χ4v) is 4.66. The van der Waals surface area contributed by atoms with Crippen molar-refractivity contribution in [2.45, 2.75) is 63.1 Å². The molecule has 4 atom stereocenters. The second kappa shape index (κ2) is 8.15. The number of carbonyl (C=O) groups excluding carboxylic acids is 2. The molecule has 0 spiro atoms. The molecule has 0 aromatic carbocycles. The normalized spacial score (nSPS) is 32.8. The molecule has 0 radical (unpaired) electrons. The first-order valence-corrected chi connectivity index (χ1v) is 9.54. The summed E-state index contributed by atoms with van der Waals surface area (Å²) in [6.45, 7) is 2.92. The molecule has 2 saturated heterocycles. The Hall–Kier alpha value is -1.65. The van der Waals surface area contributed by atoms with Crippen LogP contribution in [0.4, 0.5) is 0 Å². The van der Waals surface area contributed by atoms with Crippen LogP contribution in [-0.2, 0) is 9.59 Å². The van der Waals surface area contributed by atoms with Crippen molar-refractivity contribution in [1.82, 2.24) is 15.1 Å². The summed E-state index contributed by atoms with van der Waals surface area (Å²) in [4.78, 5) is 27.8. The number of rotatable bonds is 6. The second-order valence-corrected chi connectivity index (χ2v) is 7.69. The quantitative estimate of drug-likeness (QED) is 0.715. The van der Waals surface area contributed by atoms with E-state index in [-0.39, 0.29) is 23.9 Å². The molecule has 7 heteroatoms. The highest BCUT2D eigenvalue weighted by Gasteiger charge is 2.34. The van der Waals surface area contributed by atoms with E-state index < -0.39 is 0 Å². The van der Waals surface area contributed by atoms with Gasteiger partial charge in [-0.1, -0.05) is 0 Å². The summed E-state index contributed by atoms with van der Waals surface area (Å²) in [7, 11) is 0. The molecule has 0 aromatic rings. The SMILES string of the molecule is N#C[C@@H]1CCCN1C(=O)CN[C@H]1CC[C@H](CN2CCC[C@H]2C(N)=O)C1. The number of hydrogen-bond donors (Lipinski definition) is 2. The van der Waals surface area contributed by atoms with Gasteiger partial charge in [-0.2, -0.15) is 5.26 Å². The zero-order valence-electron chi connectivity index (χ0n) is 14.8. The Kier molecular flexibility index (Phi) is 5.92. The number of primary amides is 1. The lowest BCUT2D eigenvalue weighted by Crippen LogP contribution is -2.43. The summed E-state index contributed by atoms with van der Waals surface area (Å²) in [6.07, 6.45) is 6.88. The monoisotopic (exact) mass is 347 g/mol. The van der Waals surface area contributed by atoms with E-state index >= 15 is 0 Å². The van der Waals surface area contributed by atoms with Crippen molar-refractivity contribution in [2.75, 3.05) is 26.2 Å². The molecule has 2 amide bonds. The topological polar surface area (TPSA) is 102 Å². The van der Waals surface area contributed by atoms with E-state index in [0.29, 0.717) is 25.0 Å². The minimum Gasteiger partial charge on any atom is -0.368 e. The van der Waals surface area contributed by atoms with Gasteiger partial charge in [0.15, 0.2) is 0 Å². The molecule has 7 nitrogen and oxygen atoms in total. The number of likely N-dealkylation sites (tertiary alicyclic amines) is 2. The zero-order valence-corrected chi connectivity index (χ0v) is 14.8. The van der Waals surface area contributed by atoms with Crippen molar-refractivity contribution in [1.29, 1.82) is 5.26 Å². The Morgan fingerprint density at radius 3 is 2.72 bits per heavy atom.